The van der Waals surface area contributed by atoms with Gasteiger partial charge in [0, 0.05) is 0 Å². The predicted octanol–water partition coefficient (Wildman–Crippen LogP) is 1.83. The van der Waals surface area contributed by atoms with Crippen LogP contribution in [0.1, 0.15) is 40.2 Å². The third-order valence-corrected chi connectivity index (χ3v) is 11.6. The van der Waals surface area contributed by atoms with E-state index < -0.39 is 21.6 Å². The van der Waals surface area contributed by atoms with E-state index >= 15 is 4.39 Å². The molecule has 1 N–H and O–H groups in total. The number of piperazine rings is 1. The fourth-order valence-electron chi connectivity index (χ4n) is 6.90. The van der Waals surface area contributed by atoms with Crippen LogP contribution in [0.15, 0.2) is 53.6 Å². The van der Waals surface area contributed by atoms with Gasteiger partial charge in [0.25, 0.3) is 0 Å². The Bertz CT molecular complexity index is 1830. The normalized spacial score (nSPS) is 17.3. The van der Waals surface area contributed by atoms with Crippen LogP contribution in [0.3, 0.4) is 0 Å². The molecule has 233 valence electrons. The summed E-state index contributed by atoms with van der Waals surface area (Å²) < 4.78 is 20.4. The molecule has 45 heavy (non-hydrogen) atoms. The molecule has 1 aliphatic carbocycles. The van der Waals surface area contributed by atoms with E-state index in [2.05, 4.69) is 27.5 Å². The van der Waals surface area contributed by atoms with Crippen molar-refractivity contribution in [3.05, 3.63) is 87.5 Å². The molecule has 1 fully saturated rings. The van der Waals surface area contributed by atoms with Crippen LogP contribution in [0.5, 0.6) is 0 Å². The molecule has 1 radical (unpaired) electrons. The Morgan fingerprint density at radius 3 is 2.51 bits per heavy atom. The van der Waals surface area contributed by atoms with E-state index in [1.54, 1.807) is 24.2 Å². The van der Waals surface area contributed by atoms with Gasteiger partial charge in [0.1, 0.15) is 0 Å². The molecule has 9 nitrogen and oxygen atoms in total. The minimum absolute atomic E-state index is 0.123. The van der Waals surface area contributed by atoms with Crippen molar-refractivity contribution in [3.63, 3.8) is 0 Å². The molecule has 0 spiro atoms. The molecule has 11 heteroatoms. The first-order valence-electron chi connectivity index (χ1n) is 15.6. The van der Waals surface area contributed by atoms with Gasteiger partial charge in [-0.1, -0.05) is 0 Å². The van der Waals surface area contributed by atoms with Crippen molar-refractivity contribution in [2.24, 2.45) is 7.05 Å². The number of likely N-dealkylation sites (N-methyl/N-ethyl adjacent to an activating group) is 1. The number of aliphatic hydroxyl groups is 1. The van der Waals surface area contributed by atoms with Gasteiger partial charge in [-0.2, -0.15) is 0 Å². The van der Waals surface area contributed by atoms with E-state index in [0.717, 1.165) is 62.0 Å². The Kier molecular flexibility index (Phi) is 8.14. The number of aryl methyl sites for hydroxylation is 2. The van der Waals surface area contributed by atoms with Crippen LogP contribution in [0.2, 0.25) is 0 Å². The SMILES string of the molecule is CN1CCN(c2ccc([As]c3cc(-c4cc(F)cc(N5CCn6c(cc7c6CCCC7)C5=O)c4CO)cn(C)c3=O)nc2)CC1. The zero-order valence-corrected chi connectivity index (χ0v) is 27.5. The number of carbonyl (C=O) groups is 1. The van der Waals surface area contributed by atoms with Gasteiger partial charge >= 0.3 is 256 Å². The quantitative estimate of drug-likeness (QED) is 0.315. The number of rotatable bonds is 6. The summed E-state index contributed by atoms with van der Waals surface area (Å²) in [6, 6.07) is 10.6. The van der Waals surface area contributed by atoms with Gasteiger partial charge < -0.3 is 0 Å². The van der Waals surface area contributed by atoms with Crippen molar-refractivity contribution < 1.29 is 14.3 Å². The molecule has 2 aliphatic heterocycles. The van der Waals surface area contributed by atoms with Crippen molar-refractivity contribution in [2.45, 2.75) is 38.8 Å². The fraction of sp³-hybridized carbons (Fsp3) is 0.382. The van der Waals surface area contributed by atoms with Crippen molar-refractivity contribution in [2.75, 3.05) is 49.6 Å². The van der Waals surface area contributed by atoms with Crippen molar-refractivity contribution in [3.8, 4) is 11.1 Å². The van der Waals surface area contributed by atoms with Crippen molar-refractivity contribution in [1.82, 2.24) is 19.0 Å². The average molecular weight is 672 g/mol. The van der Waals surface area contributed by atoms with Crippen LogP contribution in [0.25, 0.3) is 11.1 Å². The first kappa shape index (κ1) is 30.0. The van der Waals surface area contributed by atoms with Gasteiger partial charge in [-0.3, -0.25) is 0 Å². The van der Waals surface area contributed by atoms with E-state index in [1.165, 1.54) is 28.0 Å². The van der Waals surface area contributed by atoms with Gasteiger partial charge in [0.2, 0.25) is 0 Å². The number of halogens is 1. The number of aliphatic hydroxyl groups excluding tert-OH is 1. The number of hydrogen-bond acceptors (Lipinski definition) is 6. The summed E-state index contributed by atoms with van der Waals surface area (Å²) in [5.41, 5.74) is 5.98. The number of benzene rings is 1. The topological polar surface area (TPSA) is 86.8 Å². The Morgan fingerprint density at radius 1 is 0.956 bits per heavy atom. The fourth-order valence-corrected chi connectivity index (χ4v) is 8.93. The van der Waals surface area contributed by atoms with Crippen LogP contribution in [-0.4, -0.2) is 85.6 Å². The van der Waals surface area contributed by atoms with Gasteiger partial charge in [0.15, 0.2) is 0 Å². The van der Waals surface area contributed by atoms with Gasteiger partial charge in [-0.05, 0) is 12.8 Å². The second kappa shape index (κ2) is 12.2. The van der Waals surface area contributed by atoms with E-state index in [0.29, 0.717) is 45.5 Å². The van der Waals surface area contributed by atoms with Gasteiger partial charge in [-0.25, -0.2) is 0 Å². The second-order valence-electron chi connectivity index (χ2n) is 12.2. The molecule has 1 amide bonds. The standard InChI is InChI=1S/C34H37AsFN6O3/c1-38-9-11-40(12-10-38)25-7-8-32(37-19-25)35-28-15-23(20-39(2)33(28)44)26-17-24(36)18-30(27(26)21-43)42-14-13-41-29-6-4-3-5-22(29)16-31(41)34(42)45/h7-8,15-20,43H,3-6,9-14,21H2,1-2H3. The Hall–Kier alpha value is -3.72. The van der Waals surface area contributed by atoms with Crippen LogP contribution in [0.4, 0.5) is 15.8 Å². The first-order chi connectivity index (χ1) is 21.8. The first-order valence-corrected chi connectivity index (χ1v) is 17.5. The molecule has 1 aromatic carbocycles. The molecule has 5 heterocycles. The van der Waals surface area contributed by atoms with Crippen LogP contribution in [-0.2, 0) is 33.0 Å². The molecular formula is C34H37AsFN6O3. The Morgan fingerprint density at radius 2 is 1.76 bits per heavy atom. The number of hydrogen-bond donors (Lipinski definition) is 1. The molecule has 7 rings (SSSR count). The monoisotopic (exact) mass is 671 g/mol. The van der Waals surface area contributed by atoms with Gasteiger partial charge in [-0.15, -0.1) is 0 Å². The maximum atomic E-state index is 15.3. The van der Waals surface area contributed by atoms with Crippen LogP contribution >= 0.6 is 0 Å². The van der Waals surface area contributed by atoms with Gasteiger partial charge in [0.05, 0.1) is 0 Å². The number of pyridine rings is 2. The summed E-state index contributed by atoms with van der Waals surface area (Å²) in [5, 5.41) is 10.6. The van der Waals surface area contributed by atoms with Crippen LogP contribution in [0, 0.1) is 5.82 Å². The summed E-state index contributed by atoms with van der Waals surface area (Å²) >= 11 is -0.748. The number of nitrogens with zero attached hydrogens (tertiary/aromatic N) is 6. The van der Waals surface area contributed by atoms with Crippen molar-refractivity contribution in [1.29, 1.82) is 0 Å². The van der Waals surface area contributed by atoms with Crippen LogP contribution < -0.4 is 24.2 Å². The predicted molar refractivity (Wildman–Crippen MR) is 175 cm³/mol. The second-order valence-corrected chi connectivity index (χ2v) is 14.7. The number of fused-ring (bicyclic) bond motifs is 3. The maximum absolute atomic E-state index is 15.3. The van der Waals surface area contributed by atoms with E-state index in [-0.39, 0.29) is 18.1 Å². The molecule has 4 aromatic rings. The van der Waals surface area contributed by atoms with E-state index in [4.69, 9.17) is 4.98 Å². The molecule has 0 unspecified atom stereocenters. The summed E-state index contributed by atoms with van der Waals surface area (Å²) in [7, 11) is 3.81. The molecule has 0 saturated carbocycles. The number of aromatic nitrogens is 3. The Balaban J connectivity index is 1.20. The van der Waals surface area contributed by atoms with Crippen molar-refractivity contribution >= 4 is 41.9 Å². The third kappa shape index (κ3) is 5.64. The van der Waals surface area contributed by atoms with E-state index in [1.807, 2.05) is 18.3 Å². The summed E-state index contributed by atoms with van der Waals surface area (Å²) in [5.74, 6) is -0.686. The number of anilines is 2. The Labute approximate surface area is 268 Å². The number of amides is 1. The molecule has 0 bridgehead atoms. The molecule has 3 aromatic heterocycles. The summed E-state index contributed by atoms with van der Waals surface area (Å²) in [4.78, 5) is 38.0. The molecular weight excluding hydrogens is 634 g/mol. The zero-order chi connectivity index (χ0) is 31.2. The molecule has 3 aliphatic rings. The summed E-state index contributed by atoms with van der Waals surface area (Å²) in [6.07, 6.45) is 7.75. The summed E-state index contributed by atoms with van der Waals surface area (Å²) in [6.45, 7) is 4.56. The molecule has 0 atom stereocenters. The average Bonchev–Trinajstić information content (AvgIpc) is 3.43. The molecule has 1 saturated heterocycles. The zero-order valence-electron chi connectivity index (χ0n) is 25.7. The minimum atomic E-state index is -0.748. The number of carbonyl (C=O) groups excluding carboxylic acids is 1. The van der Waals surface area contributed by atoms with E-state index in [9.17, 15) is 14.7 Å². The third-order valence-electron chi connectivity index (χ3n) is 9.37.